The Bertz CT molecular complexity index is 434. The van der Waals surface area contributed by atoms with Gasteiger partial charge in [-0.1, -0.05) is 31.3 Å². The summed E-state index contributed by atoms with van der Waals surface area (Å²) in [4.78, 5) is 2.85. The zero-order valence-corrected chi connectivity index (χ0v) is 13.1. The number of methoxy groups -OCH3 is 1. The highest BCUT2D eigenvalue weighted by Gasteiger charge is 2.13. The van der Waals surface area contributed by atoms with Crippen molar-refractivity contribution >= 4 is 17.2 Å². The van der Waals surface area contributed by atoms with Gasteiger partial charge in [-0.15, -0.1) is 0 Å². The molecule has 0 bridgehead atoms. The summed E-state index contributed by atoms with van der Waals surface area (Å²) in [5.74, 6) is 0. The Hall–Kier alpha value is -0.970. The Labute approximate surface area is 121 Å². The van der Waals surface area contributed by atoms with Crippen LogP contribution in [0.15, 0.2) is 18.2 Å². The lowest BCUT2D eigenvalue weighted by molar-refractivity contribution is 0.0981. The molecular formula is C15H24N2OS. The molecule has 1 rings (SSSR count). The number of ether oxygens (including phenoxy) is 1. The lowest BCUT2D eigenvalue weighted by Crippen LogP contribution is -2.35. The van der Waals surface area contributed by atoms with Gasteiger partial charge in [-0.3, -0.25) is 4.90 Å². The second-order valence-electron chi connectivity index (χ2n) is 4.87. The van der Waals surface area contributed by atoms with Gasteiger partial charge < -0.3 is 10.5 Å². The average molecular weight is 280 g/mol. The van der Waals surface area contributed by atoms with E-state index < -0.39 is 0 Å². The quantitative estimate of drug-likeness (QED) is 0.779. The maximum atomic E-state index is 5.65. The van der Waals surface area contributed by atoms with E-state index in [4.69, 9.17) is 22.7 Å². The van der Waals surface area contributed by atoms with E-state index in [-0.39, 0.29) is 0 Å². The van der Waals surface area contributed by atoms with Crippen LogP contribution in [0.1, 0.15) is 30.5 Å². The topological polar surface area (TPSA) is 38.5 Å². The number of hydrogen-bond acceptors (Lipinski definition) is 3. The van der Waals surface area contributed by atoms with Crippen molar-refractivity contribution in [3.05, 3.63) is 34.9 Å². The number of rotatable bonds is 7. The van der Waals surface area contributed by atoms with Crippen molar-refractivity contribution in [1.29, 1.82) is 0 Å². The van der Waals surface area contributed by atoms with Gasteiger partial charge in [-0.05, 0) is 37.6 Å². The second-order valence-corrected chi connectivity index (χ2v) is 5.31. The van der Waals surface area contributed by atoms with Crippen LogP contribution in [-0.4, -0.2) is 36.2 Å². The molecule has 0 spiro atoms. The van der Waals surface area contributed by atoms with Gasteiger partial charge in [0.2, 0.25) is 0 Å². The summed E-state index contributed by atoms with van der Waals surface area (Å²) >= 11 is 5.00. The minimum Gasteiger partial charge on any atom is -0.389 e. The van der Waals surface area contributed by atoms with Crippen molar-refractivity contribution in [2.45, 2.75) is 33.4 Å². The molecule has 0 aliphatic rings. The predicted molar refractivity (Wildman–Crippen MR) is 84.5 cm³/mol. The van der Waals surface area contributed by atoms with Crippen molar-refractivity contribution in [3.8, 4) is 0 Å². The maximum absolute atomic E-state index is 5.65. The maximum Gasteiger partial charge on any atom is 0.103 e. The Morgan fingerprint density at radius 3 is 2.63 bits per heavy atom. The van der Waals surface area contributed by atoms with Crippen molar-refractivity contribution in [2.24, 2.45) is 5.73 Å². The third-order valence-electron chi connectivity index (χ3n) is 3.44. The normalized spacial score (nSPS) is 12.7. The second kappa shape index (κ2) is 7.58. The Kier molecular flexibility index (Phi) is 6.42. The smallest absolute Gasteiger partial charge is 0.103 e. The van der Waals surface area contributed by atoms with E-state index in [1.165, 1.54) is 11.1 Å². The summed E-state index contributed by atoms with van der Waals surface area (Å²) in [6, 6.07) is 6.59. The van der Waals surface area contributed by atoms with E-state index in [9.17, 15) is 0 Å². The fourth-order valence-electron chi connectivity index (χ4n) is 2.17. The van der Waals surface area contributed by atoms with Gasteiger partial charge >= 0.3 is 0 Å². The minimum absolute atomic E-state index is 0.407. The molecule has 0 saturated carbocycles. The Morgan fingerprint density at radius 1 is 1.47 bits per heavy atom. The molecular weight excluding hydrogens is 256 g/mol. The van der Waals surface area contributed by atoms with Crippen LogP contribution in [0.4, 0.5) is 0 Å². The first-order valence-corrected chi connectivity index (χ1v) is 7.02. The average Bonchev–Trinajstić information content (AvgIpc) is 2.37. The molecule has 3 nitrogen and oxygen atoms in total. The van der Waals surface area contributed by atoms with Gasteiger partial charge in [-0.25, -0.2) is 0 Å². The van der Waals surface area contributed by atoms with E-state index in [2.05, 4.69) is 37.8 Å². The lowest BCUT2D eigenvalue weighted by atomic mass is 10.0. The molecule has 1 aromatic carbocycles. The number of likely N-dealkylation sites (N-methyl/N-ethyl adjacent to an activating group) is 1. The molecule has 4 heteroatoms. The summed E-state index contributed by atoms with van der Waals surface area (Å²) in [6.07, 6.45) is 0. The van der Waals surface area contributed by atoms with Crippen LogP contribution in [0.5, 0.6) is 0 Å². The third-order valence-corrected chi connectivity index (χ3v) is 3.67. The summed E-state index contributed by atoms with van der Waals surface area (Å²) in [5.41, 5.74) is 9.13. The number of benzene rings is 1. The van der Waals surface area contributed by atoms with E-state index in [1.54, 1.807) is 7.11 Å². The molecule has 0 amide bonds. The number of nitrogens with two attached hydrogens (primary N) is 1. The first kappa shape index (κ1) is 16.1. The fourth-order valence-corrected chi connectivity index (χ4v) is 2.30. The molecule has 106 valence electrons. The fraction of sp³-hybridized carbons (Fsp3) is 0.533. The molecule has 1 atom stereocenters. The number of hydrogen-bond donors (Lipinski definition) is 1. The van der Waals surface area contributed by atoms with Gasteiger partial charge in [0.1, 0.15) is 4.99 Å². The van der Waals surface area contributed by atoms with Gasteiger partial charge in [-0.2, -0.15) is 0 Å². The highest BCUT2D eigenvalue weighted by atomic mass is 32.1. The summed E-state index contributed by atoms with van der Waals surface area (Å²) in [7, 11) is 1.74. The first-order valence-electron chi connectivity index (χ1n) is 6.61. The van der Waals surface area contributed by atoms with E-state index in [1.807, 2.05) is 6.07 Å². The molecule has 0 aliphatic carbocycles. The lowest BCUT2D eigenvalue weighted by Gasteiger charge is -2.28. The van der Waals surface area contributed by atoms with Crippen molar-refractivity contribution in [1.82, 2.24) is 4.90 Å². The van der Waals surface area contributed by atoms with Gasteiger partial charge in [0.25, 0.3) is 0 Å². The molecule has 2 N–H and O–H groups in total. The summed E-state index contributed by atoms with van der Waals surface area (Å²) in [5, 5.41) is 0. The molecule has 1 aromatic rings. The highest BCUT2D eigenvalue weighted by Crippen LogP contribution is 2.15. The first-order chi connectivity index (χ1) is 8.99. The number of thiocarbonyl (C=S) groups is 1. The van der Waals surface area contributed by atoms with Crippen molar-refractivity contribution < 1.29 is 4.74 Å². The Balaban J connectivity index is 2.83. The monoisotopic (exact) mass is 280 g/mol. The van der Waals surface area contributed by atoms with Crippen molar-refractivity contribution in [2.75, 3.05) is 20.3 Å². The summed E-state index contributed by atoms with van der Waals surface area (Å²) in [6.45, 7) is 9.13. The Morgan fingerprint density at radius 2 is 2.16 bits per heavy atom. The van der Waals surface area contributed by atoms with Crippen LogP contribution >= 0.6 is 12.2 Å². The van der Waals surface area contributed by atoms with Gasteiger partial charge in [0.15, 0.2) is 0 Å². The van der Waals surface area contributed by atoms with Crippen LogP contribution in [-0.2, 0) is 11.3 Å². The molecule has 0 aliphatic heterocycles. The zero-order chi connectivity index (χ0) is 14.4. The number of nitrogens with zero attached hydrogens (tertiary/aromatic N) is 1. The molecule has 19 heavy (non-hydrogen) atoms. The largest absolute Gasteiger partial charge is 0.389 e. The molecule has 0 fully saturated rings. The van der Waals surface area contributed by atoms with E-state index >= 15 is 0 Å². The SMILES string of the molecule is CCN(Cc1ccc(C(N)=S)cc1C)C(C)COC. The van der Waals surface area contributed by atoms with Crippen LogP contribution in [0.2, 0.25) is 0 Å². The number of aryl methyl sites for hydroxylation is 1. The van der Waals surface area contributed by atoms with Crippen molar-refractivity contribution in [3.63, 3.8) is 0 Å². The van der Waals surface area contributed by atoms with E-state index in [0.29, 0.717) is 11.0 Å². The van der Waals surface area contributed by atoms with Gasteiger partial charge in [0.05, 0.1) is 6.61 Å². The predicted octanol–water partition coefficient (Wildman–Crippen LogP) is 2.49. The highest BCUT2D eigenvalue weighted by molar-refractivity contribution is 7.80. The third kappa shape index (κ3) is 4.56. The van der Waals surface area contributed by atoms with Crippen LogP contribution < -0.4 is 5.73 Å². The standard InChI is InChI=1S/C15H24N2OS/c1-5-17(12(3)10-18-4)9-14-7-6-13(15(16)19)8-11(14)2/h6-8,12H,5,9-10H2,1-4H3,(H2,16,19). The summed E-state index contributed by atoms with van der Waals surface area (Å²) < 4.78 is 5.23. The van der Waals surface area contributed by atoms with Gasteiger partial charge in [0, 0.05) is 25.3 Å². The molecule has 0 saturated heterocycles. The molecule has 0 aromatic heterocycles. The van der Waals surface area contributed by atoms with Crippen LogP contribution in [0.25, 0.3) is 0 Å². The molecule has 0 radical (unpaired) electrons. The molecule has 0 heterocycles. The molecule has 1 unspecified atom stereocenters. The van der Waals surface area contributed by atoms with Crippen LogP contribution in [0.3, 0.4) is 0 Å². The minimum atomic E-state index is 0.407. The van der Waals surface area contributed by atoms with E-state index in [0.717, 1.165) is 25.3 Å². The zero-order valence-electron chi connectivity index (χ0n) is 12.3. The van der Waals surface area contributed by atoms with Crippen LogP contribution in [0, 0.1) is 6.92 Å².